The van der Waals surface area contributed by atoms with Gasteiger partial charge in [0.05, 0.1) is 0 Å². The van der Waals surface area contributed by atoms with E-state index >= 15 is 0 Å². The van der Waals surface area contributed by atoms with Gasteiger partial charge in [0.15, 0.2) is 0 Å². The number of thiazole rings is 1. The lowest BCUT2D eigenvalue weighted by Gasteiger charge is -2.28. The lowest BCUT2D eigenvalue weighted by molar-refractivity contribution is -0.117. The molecule has 25 heavy (non-hydrogen) atoms. The Labute approximate surface area is 158 Å². The molecule has 3 heterocycles. The van der Waals surface area contributed by atoms with Crippen LogP contribution in [-0.2, 0) is 4.79 Å². The summed E-state index contributed by atoms with van der Waals surface area (Å²) in [6, 6.07) is 9.27. The number of aromatic nitrogens is 1. The fourth-order valence-corrected chi connectivity index (χ4v) is 4.80. The van der Waals surface area contributed by atoms with Crippen molar-refractivity contribution in [2.45, 2.75) is 51.1 Å². The molecule has 1 amide bonds. The van der Waals surface area contributed by atoms with Gasteiger partial charge in [-0.15, -0.1) is 23.7 Å². The van der Waals surface area contributed by atoms with Crippen molar-refractivity contribution in [1.82, 2.24) is 10.3 Å². The fraction of sp³-hybridized carbons (Fsp3) is 0.474. The van der Waals surface area contributed by atoms with Crippen LogP contribution in [0.4, 0.5) is 5.69 Å². The number of nitrogens with zero attached hydrogens (tertiary/aromatic N) is 1. The largest absolute Gasteiger partial charge is 0.326 e. The molecule has 2 unspecified atom stereocenters. The number of carbonyl (C=O) groups is 1. The maximum Gasteiger partial charge on any atom is 0.224 e. The van der Waals surface area contributed by atoms with Crippen molar-refractivity contribution in [3.05, 3.63) is 35.3 Å². The smallest absolute Gasteiger partial charge is 0.224 e. The number of anilines is 1. The number of fused-ring (bicyclic) bond motifs is 2. The van der Waals surface area contributed by atoms with Crippen LogP contribution in [-0.4, -0.2) is 23.0 Å². The molecule has 2 N–H and O–H groups in total. The van der Waals surface area contributed by atoms with Crippen molar-refractivity contribution in [3.63, 3.8) is 0 Å². The van der Waals surface area contributed by atoms with Gasteiger partial charge in [-0.3, -0.25) is 4.79 Å². The molecule has 2 bridgehead atoms. The molecule has 4 nitrogen and oxygen atoms in total. The molecule has 6 heteroatoms. The van der Waals surface area contributed by atoms with Crippen LogP contribution in [0.1, 0.15) is 37.8 Å². The second-order valence-electron chi connectivity index (χ2n) is 7.10. The van der Waals surface area contributed by atoms with Gasteiger partial charge >= 0.3 is 0 Å². The van der Waals surface area contributed by atoms with Crippen molar-refractivity contribution < 1.29 is 4.79 Å². The lowest BCUT2D eigenvalue weighted by Crippen LogP contribution is -2.39. The van der Waals surface area contributed by atoms with Crippen LogP contribution in [0.2, 0.25) is 0 Å². The summed E-state index contributed by atoms with van der Waals surface area (Å²) in [6.07, 6.45) is 5.49. The summed E-state index contributed by atoms with van der Waals surface area (Å²) in [5.74, 6) is 0.667. The molecule has 2 fully saturated rings. The Bertz CT molecular complexity index is 719. The van der Waals surface area contributed by atoms with Crippen molar-refractivity contribution >= 4 is 35.3 Å². The zero-order valence-corrected chi connectivity index (χ0v) is 16.0. The Morgan fingerprint density at radius 2 is 1.92 bits per heavy atom. The second kappa shape index (κ2) is 7.85. The molecular weight excluding hydrogens is 354 g/mol. The second-order valence-corrected chi connectivity index (χ2v) is 7.96. The van der Waals surface area contributed by atoms with Gasteiger partial charge in [-0.2, -0.15) is 0 Å². The summed E-state index contributed by atoms with van der Waals surface area (Å²) in [4.78, 5) is 16.8. The zero-order valence-electron chi connectivity index (χ0n) is 14.3. The summed E-state index contributed by atoms with van der Waals surface area (Å²) in [5, 5.41) is 9.75. The minimum atomic E-state index is 0. The van der Waals surface area contributed by atoms with Gasteiger partial charge in [0, 0.05) is 40.8 Å². The van der Waals surface area contributed by atoms with Gasteiger partial charge in [-0.1, -0.05) is 0 Å². The molecule has 0 aliphatic carbocycles. The normalized spacial score (nSPS) is 24.6. The quantitative estimate of drug-likeness (QED) is 0.830. The Balaban J connectivity index is 0.00000182. The molecule has 2 aromatic rings. The van der Waals surface area contributed by atoms with Crippen molar-refractivity contribution in [2.24, 2.45) is 5.92 Å². The average molecular weight is 378 g/mol. The Morgan fingerprint density at radius 3 is 2.52 bits per heavy atom. The van der Waals surface area contributed by atoms with Gasteiger partial charge in [0.25, 0.3) is 0 Å². The van der Waals surface area contributed by atoms with Crippen molar-refractivity contribution in [2.75, 3.05) is 5.32 Å². The van der Waals surface area contributed by atoms with E-state index in [2.05, 4.69) is 21.0 Å². The summed E-state index contributed by atoms with van der Waals surface area (Å²) in [5.41, 5.74) is 3.01. The van der Waals surface area contributed by atoms with Crippen LogP contribution in [0.25, 0.3) is 10.6 Å². The van der Waals surface area contributed by atoms with E-state index in [4.69, 9.17) is 0 Å². The molecular formula is C19H24ClN3OS. The Hall–Kier alpha value is -1.43. The van der Waals surface area contributed by atoms with Crippen LogP contribution in [0.15, 0.2) is 29.6 Å². The number of carbonyl (C=O) groups excluding carboxylic acids is 1. The molecule has 2 aliphatic rings. The SMILES string of the molecule is Cc1csc(-c2ccc(NC(=O)CC3CC4CCC(C3)N4)cc2)n1.Cl. The predicted molar refractivity (Wildman–Crippen MR) is 105 cm³/mol. The van der Waals surface area contributed by atoms with Gasteiger partial charge < -0.3 is 10.6 Å². The average Bonchev–Trinajstić information content (AvgIpc) is 3.13. The van der Waals surface area contributed by atoms with Gasteiger partial charge in [0.2, 0.25) is 5.91 Å². The number of halogens is 1. The van der Waals surface area contributed by atoms with E-state index in [0.29, 0.717) is 24.4 Å². The monoisotopic (exact) mass is 377 g/mol. The summed E-state index contributed by atoms with van der Waals surface area (Å²) in [7, 11) is 0. The number of amides is 1. The number of rotatable bonds is 4. The molecule has 1 aromatic carbocycles. The molecule has 0 radical (unpaired) electrons. The van der Waals surface area contributed by atoms with E-state index in [1.807, 2.05) is 31.2 Å². The standard InChI is InChI=1S/C19H23N3OS.ClH/c1-12-11-24-19(20-12)14-2-4-15(5-3-14)22-18(23)10-13-8-16-6-7-17(9-13)21-16;/h2-5,11,13,16-17,21H,6-10H2,1H3,(H,22,23);1H. The molecule has 0 saturated carbocycles. The molecule has 2 atom stereocenters. The number of benzene rings is 1. The first-order valence-electron chi connectivity index (χ1n) is 8.74. The first kappa shape index (κ1) is 18.4. The Kier molecular flexibility index (Phi) is 5.77. The highest BCUT2D eigenvalue weighted by Crippen LogP contribution is 2.33. The van der Waals surface area contributed by atoms with Crippen molar-refractivity contribution in [3.8, 4) is 10.6 Å². The highest BCUT2D eigenvalue weighted by atomic mass is 35.5. The number of aryl methyl sites for hydroxylation is 1. The van der Waals surface area contributed by atoms with Crippen LogP contribution in [0, 0.1) is 12.8 Å². The Morgan fingerprint density at radius 1 is 1.24 bits per heavy atom. The molecule has 1 aromatic heterocycles. The van der Waals surface area contributed by atoms with Gasteiger partial charge in [-0.25, -0.2) is 4.98 Å². The van der Waals surface area contributed by atoms with Crippen LogP contribution < -0.4 is 10.6 Å². The number of piperidine rings is 1. The molecule has 4 rings (SSSR count). The molecule has 0 spiro atoms. The van der Waals surface area contributed by atoms with Crippen LogP contribution >= 0.6 is 23.7 Å². The van der Waals surface area contributed by atoms with E-state index < -0.39 is 0 Å². The highest BCUT2D eigenvalue weighted by molar-refractivity contribution is 7.13. The summed E-state index contributed by atoms with van der Waals surface area (Å²) < 4.78 is 0. The summed E-state index contributed by atoms with van der Waals surface area (Å²) >= 11 is 1.65. The number of hydrogen-bond donors (Lipinski definition) is 2. The van der Waals surface area contributed by atoms with E-state index in [9.17, 15) is 4.79 Å². The van der Waals surface area contributed by atoms with Gasteiger partial charge in [-0.05, 0) is 62.8 Å². The zero-order chi connectivity index (χ0) is 16.5. The van der Waals surface area contributed by atoms with Crippen LogP contribution in [0.5, 0.6) is 0 Å². The third kappa shape index (κ3) is 4.40. The first-order valence-corrected chi connectivity index (χ1v) is 9.62. The fourth-order valence-electron chi connectivity index (χ4n) is 4.00. The molecule has 2 aliphatic heterocycles. The minimum absolute atomic E-state index is 0. The molecule has 134 valence electrons. The third-order valence-corrected chi connectivity index (χ3v) is 6.09. The number of hydrogen-bond acceptors (Lipinski definition) is 4. The minimum Gasteiger partial charge on any atom is -0.326 e. The lowest BCUT2D eigenvalue weighted by atomic mass is 9.89. The highest BCUT2D eigenvalue weighted by Gasteiger charge is 2.34. The first-order chi connectivity index (χ1) is 11.7. The van der Waals surface area contributed by atoms with E-state index in [1.54, 1.807) is 11.3 Å². The van der Waals surface area contributed by atoms with E-state index in [0.717, 1.165) is 34.8 Å². The maximum absolute atomic E-state index is 12.3. The van der Waals surface area contributed by atoms with E-state index in [1.165, 1.54) is 12.8 Å². The van der Waals surface area contributed by atoms with Crippen molar-refractivity contribution in [1.29, 1.82) is 0 Å². The summed E-state index contributed by atoms with van der Waals surface area (Å²) in [6.45, 7) is 2.00. The van der Waals surface area contributed by atoms with E-state index in [-0.39, 0.29) is 18.3 Å². The maximum atomic E-state index is 12.3. The van der Waals surface area contributed by atoms with Crippen LogP contribution in [0.3, 0.4) is 0 Å². The van der Waals surface area contributed by atoms with Gasteiger partial charge in [0.1, 0.15) is 5.01 Å². The topological polar surface area (TPSA) is 54.0 Å². The number of nitrogens with one attached hydrogen (secondary N) is 2. The predicted octanol–water partition coefficient (Wildman–Crippen LogP) is 4.40. The molecule has 2 saturated heterocycles. The third-order valence-electron chi connectivity index (χ3n) is 5.08.